The summed E-state index contributed by atoms with van der Waals surface area (Å²) in [6.07, 6.45) is -6.72. The normalized spacial score (nSPS) is 14.1. The maximum Gasteiger partial charge on any atom is 0.415 e. The third kappa shape index (κ3) is 6.31. The molecule has 0 saturated heterocycles. The maximum absolute atomic E-state index is 11.8. The molecule has 13 heavy (non-hydrogen) atoms. The van der Waals surface area contributed by atoms with E-state index >= 15 is 0 Å². The molecule has 0 amide bonds. The monoisotopic (exact) mass is 244 g/mol. The molecule has 0 saturated carbocycles. The van der Waals surface area contributed by atoms with E-state index in [1.165, 1.54) is 4.90 Å². The van der Waals surface area contributed by atoms with Crippen LogP contribution in [0.5, 0.6) is 0 Å². The van der Waals surface area contributed by atoms with Crippen molar-refractivity contribution in [3.8, 4) is 0 Å². The molecule has 2 nitrogen and oxygen atoms in total. The largest absolute Gasteiger partial charge is 0.415 e. The Balaban J connectivity index is 0. The number of aliphatic hydroxyl groups excluding tert-OH is 1. The Labute approximate surface area is 86.3 Å². The van der Waals surface area contributed by atoms with Gasteiger partial charge in [0.2, 0.25) is 0 Å². The van der Waals surface area contributed by atoms with E-state index in [9.17, 15) is 13.2 Å². The molecule has 0 aliphatic rings. The Kier molecular flexibility index (Phi) is 8.01. The van der Waals surface area contributed by atoms with Crippen molar-refractivity contribution in [2.75, 3.05) is 19.6 Å². The van der Waals surface area contributed by atoms with Gasteiger partial charge in [-0.1, -0.05) is 13.8 Å². The zero-order chi connectivity index (χ0) is 9.78. The molecule has 0 spiro atoms. The average molecular weight is 244 g/mol. The van der Waals surface area contributed by atoms with Crippen LogP contribution >= 0.6 is 0 Å². The molecular formula is C7H14CoF3NO. The molecule has 1 N–H and O–H groups in total. The number of halogens is 3. The standard InChI is InChI=1S/C7H14F3NO.Co/c1-3-11(4-2)5-6(12)7(8,9)10;/h6,12H,3-5H2,1-2H3;. The summed E-state index contributed by atoms with van der Waals surface area (Å²) in [5.41, 5.74) is 0. The van der Waals surface area contributed by atoms with Gasteiger partial charge in [0.15, 0.2) is 6.10 Å². The van der Waals surface area contributed by atoms with Crippen molar-refractivity contribution >= 4 is 0 Å². The van der Waals surface area contributed by atoms with E-state index in [0.29, 0.717) is 13.1 Å². The molecule has 1 atom stereocenters. The summed E-state index contributed by atoms with van der Waals surface area (Å²) in [6.45, 7) is 4.21. The fraction of sp³-hybridized carbons (Fsp3) is 1.00. The molecule has 0 aromatic heterocycles. The summed E-state index contributed by atoms with van der Waals surface area (Å²) in [6, 6.07) is 0. The van der Waals surface area contributed by atoms with Gasteiger partial charge in [-0.25, -0.2) is 0 Å². The van der Waals surface area contributed by atoms with E-state index in [1.807, 2.05) is 0 Å². The van der Waals surface area contributed by atoms with Gasteiger partial charge in [0.1, 0.15) is 0 Å². The molecule has 0 aromatic carbocycles. The third-order valence-electron chi connectivity index (χ3n) is 1.70. The Morgan fingerprint density at radius 2 is 1.62 bits per heavy atom. The summed E-state index contributed by atoms with van der Waals surface area (Å²) in [5.74, 6) is 0. The molecule has 1 radical (unpaired) electrons. The molecule has 1 unspecified atom stereocenters. The Hall–Kier alpha value is 0.216. The first-order valence-corrected chi connectivity index (χ1v) is 3.88. The second-order valence-corrected chi connectivity index (χ2v) is 2.54. The van der Waals surface area contributed by atoms with Crippen LogP contribution in [0.4, 0.5) is 13.2 Å². The topological polar surface area (TPSA) is 23.5 Å². The predicted molar refractivity (Wildman–Crippen MR) is 39.8 cm³/mol. The number of hydrogen-bond donors (Lipinski definition) is 1. The van der Waals surface area contributed by atoms with Crippen molar-refractivity contribution < 1.29 is 35.1 Å². The van der Waals surface area contributed by atoms with Gasteiger partial charge in [0.25, 0.3) is 0 Å². The average Bonchev–Trinajstić information content (AvgIpc) is 1.97. The summed E-state index contributed by atoms with van der Waals surface area (Å²) in [5, 5.41) is 8.65. The van der Waals surface area contributed by atoms with Crippen molar-refractivity contribution in [3.05, 3.63) is 0 Å². The van der Waals surface area contributed by atoms with Crippen LogP contribution in [0.1, 0.15) is 13.8 Å². The number of likely N-dealkylation sites (N-methyl/N-ethyl adjacent to an activating group) is 1. The van der Waals surface area contributed by atoms with Crippen molar-refractivity contribution in [2.45, 2.75) is 26.1 Å². The SMILES string of the molecule is CCN(CC)CC(O)C(F)(F)F.[Co]. The van der Waals surface area contributed by atoms with Gasteiger partial charge in [0.05, 0.1) is 0 Å². The molecule has 0 aromatic rings. The first kappa shape index (κ1) is 15.7. The molecule has 6 heteroatoms. The fourth-order valence-corrected chi connectivity index (χ4v) is 0.830. The van der Waals surface area contributed by atoms with Gasteiger partial charge in [-0.15, -0.1) is 0 Å². The minimum absolute atomic E-state index is 0. The van der Waals surface area contributed by atoms with Crippen molar-refractivity contribution in [2.24, 2.45) is 0 Å². The zero-order valence-electron chi connectivity index (χ0n) is 7.56. The van der Waals surface area contributed by atoms with Gasteiger partial charge in [0, 0.05) is 23.3 Å². The van der Waals surface area contributed by atoms with Crippen molar-refractivity contribution in [1.29, 1.82) is 0 Å². The third-order valence-corrected chi connectivity index (χ3v) is 1.70. The van der Waals surface area contributed by atoms with Gasteiger partial charge in [-0.05, 0) is 13.1 Å². The zero-order valence-corrected chi connectivity index (χ0v) is 8.60. The first-order valence-electron chi connectivity index (χ1n) is 3.88. The van der Waals surface area contributed by atoms with E-state index in [0.717, 1.165) is 0 Å². The van der Waals surface area contributed by atoms with Crippen molar-refractivity contribution in [3.63, 3.8) is 0 Å². The quantitative estimate of drug-likeness (QED) is 0.804. The summed E-state index contributed by atoms with van der Waals surface area (Å²) < 4.78 is 35.4. The molecule has 0 heterocycles. The number of nitrogens with zero attached hydrogens (tertiary/aromatic N) is 1. The first-order chi connectivity index (χ1) is 5.41. The number of hydrogen-bond acceptors (Lipinski definition) is 2. The van der Waals surface area contributed by atoms with Crippen LogP contribution in [-0.4, -0.2) is 41.9 Å². The van der Waals surface area contributed by atoms with Gasteiger partial charge >= 0.3 is 6.18 Å². The van der Waals surface area contributed by atoms with Gasteiger partial charge < -0.3 is 10.0 Å². The number of aliphatic hydroxyl groups is 1. The molecule has 0 aliphatic carbocycles. The van der Waals surface area contributed by atoms with Crippen LogP contribution in [-0.2, 0) is 16.8 Å². The summed E-state index contributed by atoms with van der Waals surface area (Å²) >= 11 is 0. The molecule has 83 valence electrons. The fourth-order valence-electron chi connectivity index (χ4n) is 0.830. The maximum atomic E-state index is 11.8. The van der Waals surface area contributed by atoms with Crippen molar-refractivity contribution in [1.82, 2.24) is 4.90 Å². The Morgan fingerprint density at radius 3 is 1.85 bits per heavy atom. The second-order valence-electron chi connectivity index (χ2n) is 2.54. The molecule has 0 aliphatic heterocycles. The van der Waals surface area contributed by atoms with E-state index in [2.05, 4.69) is 0 Å². The molecular weight excluding hydrogens is 230 g/mol. The van der Waals surface area contributed by atoms with Crippen LogP contribution in [0.25, 0.3) is 0 Å². The summed E-state index contributed by atoms with van der Waals surface area (Å²) in [7, 11) is 0. The minimum Gasteiger partial charge on any atom is -0.382 e. The van der Waals surface area contributed by atoms with Gasteiger partial charge in [-0.3, -0.25) is 0 Å². The van der Waals surface area contributed by atoms with E-state index in [4.69, 9.17) is 5.11 Å². The van der Waals surface area contributed by atoms with E-state index in [-0.39, 0.29) is 23.3 Å². The van der Waals surface area contributed by atoms with Crippen LogP contribution < -0.4 is 0 Å². The second kappa shape index (κ2) is 6.64. The smallest absolute Gasteiger partial charge is 0.382 e. The molecule has 0 fully saturated rings. The predicted octanol–water partition coefficient (Wildman–Crippen LogP) is 1.25. The Bertz CT molecular complexity index is 127. The van der Waals surface area contributed by atoms with Crippen LogP contribution in [0.3, 0.4) is 0 Å². The Morgan fingerprint density at radius 1 is 1.23 bits per heavy atom. The van der Waals surface area contributed by atoms with E-state index < -0.39 is 12.3 Å². The van der Waals surface area contributed by atoms with Crippen LogP contribution in [0, 0.1) is 0 Å². The minimum atomic E-state index is -4.50. The van der Waals surface area contributed by atoms with Crippen LogP contribution in [0.15, 0.2) is 0 Å². The molecule has 0 rings (SSSR count). The van der Waals surface area contributed by atoms with Crippen LogP contribution in [0.2, 0.25) is 0 Å². The number of alkyl halides is 3. The van der Waals surface area contributed by atoms with E-state index in [1.54, 1.807) is 13.8 Å². The van der Waals surface area contributed by atoms with Gasteiger partial charge in [-0.2, -0.15) is 13.2 Å². The molecule has 0 bridgehead atoms. The summed E-state index contributed by atoms with van der Waals surface area (Å²) in [4.78, 5) is 1.53. The number of rotatable bonds is 4.